The summed E-state index contributed by atoms with van der Waals surface area (Å²) in [5.74, 6) is -0.107. The van der Waals surface area contributed by atoms with Crippen molar-refractivity contribution in [1.82, 2.24) is 9.88 Å². The van der Waals surface area contributed by atoms with Crippen LogP contribution in [0.1, 0.15) is 28.8 Å². The summed E-state index contributed by atoms with van der Waals surface area (Å²) in [4.78, 5) is 18.0. The third-order valence-electron chi connectivity index (χ3n) is 3.91. The maximum Gasteiger partial charge on any atom is 0.253 e. The van der Waals surface area contributed by atoms with Crippen molar-refractivity contribution in [2.45, 2.75) is 23.6 Å². The standard InChI is InChI=1S/C17H18N2O3S/c20-17(19-11-3-4-12-19)15-8-6-14(7-9-15)13-23(21,22)16-5-1-2-10-18-16/h1-2,5-10H,3-4,11-13H2. The van der Waals surface area contributed by atoms with Gasteiger partial charge in [-0.05, 0) is 42.7 Å². The number of nitrogens with zero attached hydrogens (tertiary/aromatic N) is 2. The smallest absolute Gasteiger partial charge is 0.253 e. The van der Waals surface area contributed by atoms with Gasteiger partial charge < -0.3 is 4.90 Å². The second kappa shape index (κ2) is 6.50. The molecule has 0 bridgehead atoms. The number of hydrogen-bond donors (Lipinski definition) is 0. The molecule has 0 atom stereocenters. The first-order valence-corrected chi connectivity index (χ1v) is 9.23. The van der Waals surface area contributed by atoms with Crippen LogP contribution in [0.2, 0.25) is 0 Å². The van der Waals surface area contributed by atoms with Crippen LogP contribution in [0.4, 0.5) is 0 Å². The molecule has 0 N–H and O–H groups in total. The van der Waals surface area contributed by atoms with Crippen LogP contribution in [-0.4, -0.2) is 37.3 Å². The third kappa shape index (κ3) is 3.59. The number of carbonyl (C=O) groups excluding carboxylic acids is 1. The van der Waals surface area contributed by atoms with Crippen molar-refractivity contribution in [3.8, 4) is 0 Å². The Labute approximate surface area is 135 Å². The summed E-state index contributed by atoms with van der Waals surface area (Å²) in [6.45, 7) is 1.60. The molecule has 0 aliphatic carbocycles. The van der Waals surface area contributed by atoms with Crippen molar-refractivity contribution < 1.29 is 13.2 Å². The van der Waals surface area contributed by atoms with Gasteiger partial charge in [-0.1, -0.05) is 18.2 Å². The number of likely N-dealkylation sites (tertiary alicyclic amines) is 1. The Morgan fingerprint density at radius 3 is 2.35 bits per heavy atom. The van der Waals surface area contributed by atoms with E-state index in [1.165, 1.54) is 12.3 Å². The van der Waals surface area contributed by atoms with Crippen molar-refractivity contribution >= 4 is 15.7 Å². The van der Waals surface area contributed by atoms with Crippen molar-refractivity contribution in [2.24, 2.45) is 0 Å². The summed E-state index contributed by atoms with van der Waals surface area (Å²) < 4.78 is 24.6. The van der Waals surface area contributed by atoms with E-state index < -0.39 is 9.84 Å². The van der Waals surface area contributed by atoms with E-state index in [2.05, 4.69) is 4.98 Å². The van der Waals surface area contributed by atoms with Crippen molar-refractivity contribution in [2.75, 3.05) is 13.1 Å². The van der Waals surface area contributed by atoms with E-state index in [9.17, 15) is 13.2 Å². The summed E-state index contributed by atoms with van der Waals surface area (Å²) in [6.07, 6.45) is 3.56. The monoisotopic (exact) mass is 330 g/mol. The Balaban J connectivity index is 1.74. The van der Waals surface area contributed by atoms with E-state index in [1.807, 2.05) is 4.90 Å². The molecule has 6 heteroatoms. The molecule has 1 fully saturated rings. The molecular formula is C17H18N2O3S. The lowest BCUT2D eigenvalue weighted by molar-refractivity contribution is 0.0793. The quantitative estimate of drug-likeness (QED) is 0.862. The number of pyridine rings is 1. The van der Waals surface area contributed by atoms with Crippen LogP contribution in [0.15, 0.2) is 53.7 Å². The number of amides is 1. The molecule has 1 amide bonds. The van der Waals surface area contributed by atoms with E-state index in [1.54, 1.807) is 36.4 Å². The molecule has 0 unspecified atom stereocenters. The third-order valence-corrected chi connectivity index (χ3v) is 5.50. The minimum absolute atomic E-state index is 0.0154. The van der Waals surface area contributed by atoms with Crippen LogP contribution >= 0.6 is 0 Å². The number of hydrogen-bond acceptors (Lipinski definition) is 4. The fourth-order valence-corrected chi connectivity index (χ4v) is 3.96. The molecule has 120 valence electrons. The predicted molar refractivity (Wildman–Crippen MR) is 86.7 cm³/mol. The molecule has 23 heavy (non-hydrogen) atoms. The van der Waals surface area contributed by atoms with E-state index in [-0.39, 0.29) is 16.7 Å². The number of sulfone groups is 1. The highest BCUT2D eigenvalue weighted by Gasteiger charge is 2.20. The SMILES string of the molecule is O=C(c1ccc(CS(=O)(=O)c2ccccn2)cc1)N1CCCC1. The van der Waals surface area contributed by atoms with Gasteiger partial charge in [-0.15, -0.1) is 0 Å². The summed E-state index contributed by atoms with van der Waals surface area (Å²) >= 11 is 0. The molecule has 1 saturated heterocycles. The van der Waals surface area contributed by atoms with E-state index >= 15 is 0 Å². The molecule has 5 nitrogen and oxygen atoms in total. The second-order valence-electron chi connectivity index (χ2n) is 5.62. The first-order chi connectivity index (χ1) is 11.1. The minimum Gasteiger partial charge on any atom is -0.339 e. The van der Waals surface area contributed by atoms with Crippen LogP contribution in [0, 0.1) is 0 Å². The van der Waals surface area contributed by atoms with Gasteiger partial charge in [0.25, 0.3) is 5.91 Å². The van der Waals surface area contributed by atoms with Crippen molar-refractivity contribution in [3.63, 3.8) is 0 Å². The summed E-state index contributed by atoms with van der Waals surface area (Å²) in [5.41, 5.74) is 1.25. The van der Waals surface area contributed by atoms with Crippen molar-refractivity contribution in [1.29, 1.82) is 0 Å². The van der Waals surface area contributed by atoms with Gasteiger partial charge in [0.15, 0.2) is 14.9 Å². The molecule has 1 aromatic heterocycles. The lowest BCUT2D eigenvalue weighted by Gasteiger charge is -2.15. The van der Waals surface area contributed by atoms with Gasteiger partial charge >= 0.3 is 0 Å². The van der Waals surface area contributed by atoms with Crippen LogP contribution in [0.3, 0.4) is 0 Å². The van der Waals surface area contributed by atoms with Gasteiger partial charge in [0.2, 0.25) is 0 Å². The number of carbonyl (C=O) groups is 1. The Morgan fingerprint density at radius 2 is 1.74 bits per heavy atom. The molecule has 0 saturated carbocycles. The molecule has 2 aromatic rings. The molecular weight excluding hydrogens is 312 g/mol. The number of benzene rings is 1. The fraction of sp³-hybridized carbons (Fsp3) is 0.294. The Bertz CT molecular complexity index is 780. The van der Waals surface area contributed by atoms with Crippen molar-refractivity contribution in [3.05, 3.63) is 59.8 Å². The highest BCUT2D eigenvalue weighted by Crippen LogP contribution is 2.17. The normalized spacial score (nSPS) is 14.9. The maximum atomic E-state index is 12.3. The van der Waals surface area contributed by atoms with E-state index in [4.69, 9.17) is 0 Å². The number of aromatic nitrogens is 1. The average molecular weight is 330 g/mol. The molecule has 2 heterocycles. The Hall–Kier alpha value is -2.21. The molecule has 0 radical (unpaired) electrons. The molecule has 1 aliphatic rings. The summed E-state index contributed by atoms with van der Waals surface area (Å²) in [5, 5.41) is 0.0669. The zero-order valence-corrected chi connectivity index (χ0v) is 13.5. The molecule has 3 rings (SSSR count). The largest absolute Gasteiger partial charge is 0.339 e. The number of rotatable bonds is 4. The fourth-order valence-electron chi connectivity index (χ4n) is 2.67. The van der Waals surface area contributed by atoms with Gasteiger partial charge in [0, 0.05) is 24.8 Å². The Morgan fingerprint density at radius 1 is 1.04 bits per heavy atom. The van der Waals surface area contributed by atoms with Crippen LogP contribution in [0.5, 0.6) is 0 Å². The first-order valence-electron chi connectivity index (χ1n) is 7.58. The Kier molecular flexibility index (Phi) is 4.43. The lowest BCUT2D eigenvalue weighted by Crippen LogP contribution is -2.27. The maximum absolute atomic E-state index is 12.3. The molecule has 1 aliphatic heterocycles. The van der Waals surface area contributed by atoms with Gasteiger partial charge in [0.05, 0.1) is 5.75 Å². The minimum atomic E-state index is -3.47. The topological polar surface area (TPSA) is 67.3 Å². The molecule has 1 aromatic carbocycles. The molecule has 0 spiro atoms. The lowest BCUT2D eigenvalue weighted by atomic mass is 10.1. The van der Waals surface area contributed by atoms with Gasteiger partial charge in [-0.2, -0.15) is 0 Å². The van der Waals surface area contributed by atoms with Gasteiger partial charge in [-0.25, -0.2) is 13.4 Å². The summed E-state index contributed by atoms with van der Waals surface area (Å²) in [6, 6.07) is 11.6. The first kappa shape index (κ1) is 15.7. The second-order valence-corrected chi connectivity index (χ2v) is 7.56. The highest BCUT2D eigenvalue weighted by atomic mass is 32.2. The zero-order valence-electron chi connectivity index (χ0n) is 12.7. The van der Waals surface area contributed by atoms with E-state index in [0.717, 1.165) is 25.9 Å². The summed E-state index contributed by atoms with van der Waals surface area (Å²) in [7, 11) is -3.47. The average Bonchev–Trinajstić information content (AvgIpc) is 3.10. The van der Waals surface area contributed by atoms with Crippen LogP contribution < -0.4 is 0 Å². The van der Waals surface area contributed by atoms with Gasteiger partial charge in [0.1, 0.15) is 0 Å². The predicted octanol–water partition coefficient (Wildman–Crippen LogP) is 2.29. The van der Waals surface area contributed by atoms with E-state index in [0.29, 0.717) is 11.1 Å². The van der Waals surface area contributed by atoms with Crippen LogP contribution in [0.25, 0.3) is 0 Å². The van der Waals surface area contributed by atoms with Gasteiger partial charge in [-0.3, -0.25) is 4.79 Å². The zero-order chi connectivity index (χ0) is 16.3. The van der Waals surface area contributed by atoms with Crippen LogP contribution in [-0.2, 0) is 15.6 Å². The highest BCUT2D eigenvalue weighted by molar-refractivity contribution is 7.90.